The molecule has 0 radical (unpaired) electrons. The van der Waals surface area contributed by atoms with E-state index >= 15 is 0 Å². The number of aliphatic carboxylic acids is 1. The van der Waals surface area contributed by atoms with Crippen molar-refractivity contribution in [1.29, 1.82) is 0 Å². The predicted molar refractivity (Wildman–Crippen MR) is 54.2 cm³/mol. The van der Waals surface area contributed by atoms with Crippen LogP contribution in [0.5, 0.6) is 0 Å². The van der Waals surface area contributed by atoms with E-state index in [1.807, 2.05) is 0 Å². The number of nitrogens with two attached hydrogens (primary N) is 1. The van der Waals surface area contributed by atoms with Crippen LogP contribution in [0.15, 0.2) is 24.3 Å². The number of carboxylic acid groups (broad SMARTS) is 1. The van der Waals surface area contributed by atoms with Crippen molar-refractivity contribution < 1.29 is 14.8 Å². The van der Waals surface area contributed by atoms with Crippen LogP contribution >= 0.6 is 0 Å². The molecule has 0 aliphatic carbocycles. The monoisotopic (exact) mass is 208 g/mol. The Bertz CT molecular complexity index is 440. The predicted octanol–water partition coefficient (Wildman–Crippen LogP) is 1.27. The van der Waals surface area contributed by atoms with Gasteiger partial charge in [-0.25, -0.2) is 4.79 Å². The third-order valence-corrected chi connectivity index (χ3v) is 1.67. The Labute approximate surface area is 84.8 Å². The van der Waals surface area contributed by atoms with Gasteiger partial charge in [-0.15, -0.1) is 0 Å². The molecule has 0 heterocycles. The van der Waals surface area contributed by atoms with Crippen LogP contribution in [-0.2, 0) is 4.79 Å². The first-order valence-electron chi connectivity index (χ1n) is 3.95. The highest BCUT2D eigenvalue weighted by molar-refractivity contribution is 5.85. The van der Waals surface area contributed by atoms with Crippen molar-refractivity contribution in [2.24, 2.45) is 0 Å². The van der Waals surface area contributed by atoms with Crippen LogP contribution in [0.25, 0.3) is 6.08 Å². The van der Waals surface area contributed by atoms with E-state index in [0.717, 1.165) is 6.08 Å². The van der Waals surface area contributed by atoms with Crippen molar-refractivity contribution >= 4 is 23.4 Å². The average Bonchev–Trinajstić information content (AvgIpc) is 2.14. The number of benzene rings is 1. The van der Waals surface area contributed by atoms with Crippen LogP contribution in [-0.4, -0.2) is 16.0 Å². The smallest absolute Gasteiger partial charge is 0.328 e. The standard InChI is InChI=1S/C9H8N2O4/c10-7-5-6(2-4-9(12)13)1-3-8(7)11(14)15/h1-5H,10H2,(H,12,13)/b4-2+. The van der Waals surface area contributed by atoms with Crippen LogP contribution < -0.4 is 5.73 Å². The fourth-order valence-electron chi connectivity index (χ4n) is 1.01. The zero-order chi connectivity index (χ0) is 11.4. The van der Waals surface area contributed by atoms with Crippen molar-refractivity contribution in [3.63, 3.8) is 0 Å². The van der Waals surface area contributed by atoms with Crippen molar-refractivity contribution in [3.05, 3.63) is 40.0 Å². The average molecular weight is 208 g/mol. The molecule has 0 aliphatic heterocycles. The molecule has 0 unspecified atom stereocenters. The van der Waals surface area contributed by atoms with Gasteiger partial charge in [0.25, 0.3) is 5.69 Å². The Morgan fingerprint density at radius 3 is 2.67 bits per heavy atom. The molecule has 0 aliphatic rings. The molecule has 1 aromatic rings. The van der Waals surface area contributed by atoms with Gasteiger partial charge in [0.2, 0.25) is 0 Å². The fraction of sp³-hybridized carbons (Fsp3) is 0. The molecule has 3 N–H and O–H groups in total. The summed E-state index contributed by atoms with van der Waals surface area (Å²) >= 11 is 0. The van der Waals surface area contributed by atoms with Crippen LogP contribution in [0, 0.1) is 10.1 Å². The van der Waals surface area contributed by atoms with E-state index in [9.17, 15) is 14.9 Å². The summed E-state index contributed by atoms with van der Waals surface area (Å²) in [6, 6.07) is 4.00. The van der Waals surface area contributed by atoms with Gasteiger partial charge in [-0.3, -0.25) is 10.1 Å². The second-order valence-electron chi connectivity index (χ2n) is 2.75. The number of rotatable bonds is 3. The number of hydrogen-bond acceptors (Lipinski definition) is 4. The lowest BCUT2D eigenvalue weighted by molar-refractivity contribution is -0.383. The Morgan fingerprint density at radius 2 is 2.20 bits per heavy atom. The van der Waals surface area contributed by atoms with Crippen LogP contribution in [0.4, 0.5) is 11.4 Å². The molecule has 0 amide bonds. The molecule has 0 aromatic heterocycles. The highest BCUT2D eigenvalue weighted by Crippen LogP contribution is 2.22. The molecule has 0 saturated heterocycles. The maximum Gasteiger partial charge on any atom is 0.328 e. The topological polar surface area (TPSA) is 106 Å². The van der Waals surface area contributed by atoms with Gasteiger partial charge in [0.15, 0.2) is 0 Å². The number of anilines is 1. The van der Waals surface area contributed by atoms with Gasteiger partial charge in [0, 0.05) is 12.1 Å². The van der Waals surface area contributed by atoms with Crippen molar-refractivity contribution in [2.45, 2.75) is 0 Å². The molecule has 6 heteroatoms. The van der Waals surface area contributed by atoms with E-state index in [4.69, 9.17) is 10.8 Å². The van der Waals surface area contributed by atoms with Crippen molar-refractivity contribution in [2.75, 3.05) is 5.73 Å². The summed E-state index contributed by atoms with van der Waals surface area (Å²) in [7, 11) is 0. The number of nitro benzene ring substituents is 1. The second-order valence-corrected chi connectivity index (χ2v) is 2.75. The summed E-state index contributed by atoms with van der Waals surface area (Å²) in [4.78, 5) is 20.0. The van der Waals surface area contributed by atoms with Crippen molar-refractivity contribution in [1.82, 2.24) is 0 Å². The van der Waals surface area contributed by atoms with Gasteiger partial charge in [0.1, 0.15) is 5.69 Å². The van der Waals surface area contributed by atoms with E-state index in [1.165, 1.54) is 24.3 Å². The lowest BCUT2D eigenvalue weighted by Gasteiger charge is -1.97. The highest BCUT2D eigenvalue weighted by atomic mass is 16.6. The summed E-state index contributed by atoms with van der Waals surface area (Å²) in [6.45, 7) is 0. The molecule has 15 heavy (non-hydrogen) atoms. The van der Waals surface area contributed by atoms with Gasteiger partial charge in [-0.2, -0.15) is 0 Å². The molecule has 78 valence electrons. The van der Waals surface area contributed by atoms with Crippen LogP contribution in [0.1, 0.15) is 5.56 Å². The minimum atomic E-state index is -1.09. The Morgan fingerprint density at radius 1 is 1.53 bits per heavy atom. The molecule has 0 spiro atoms. The first kappa shape index (κ1) is 10.7. The van der Waals surface area contributed by atoms with E-state index < -0.39 is 10.9 Å². The third kappa shape index (κ3) is 2.80. The zero-order valence-corrected chi connectivity index (χ0v) is 7.58. The van der Waals surface area contributed by atoms with Gasteiger partial charge in [0.05, 0.1) is 4.92 Å². The zero-order valence-electron chi connectivity index (χ0n) is 7.58. The molecule has 6 nitrogen and oxygen atoms in total. The van der Waals surface area contributed by atoms with E-state index in [2.05, 4.69) is 0 Å². The number of carbonyl (C=O) groups is 1. The van der Waals surface area contributed by atoms with Gasteiger partial charge < -0.3 is 10.8 Å². The SMILES string of the molecule is Nc1cc(/C=C/C(=O)O)ccc1[N+](=O)[O-]. The second kappa shape index (κ2) is 4.23. The van der Waals surface area contributed by atoms with Crippen LogP contribution in [0.3, 0.4) is 0 Å². The third-order valence-electron chi connectivity index (χ3n) is 1.67. The Kier molecular flexibility index (Phi) is 3.02. The van der Waals surface area contributed by atoms with Gasteiger partial charge >= 0.3 is 5.97 Å². The molecule has 0 fully saturated rings. The maximum atomic E-state index is 10.4. The van der Waals surface area contributed by atoms with Gasteiger partial charge in [-0.05, 0) is 23.8 Å². The normalized spacial score (nSPS) is 10.4. The Hall–Kier alpha value is -2.37. The Balaban J connectivity index is 3.01. The van der Waals surface area contributed by atoms with Crippen molar-refractivity contribution in [3.8, 4) is 0 Å². The van der Waals surface area contributed by atoms with E-state index in [0.29, 0.717) is 5.56 Å². The number of nitro groups is 1. The lowest BCUT2D eigenvalue weighted by Crippen LogP contribution is -1.95. The lowest BCUT2D eigenvalue weighted by atomic mass is 10.1. The molecule has 0 bridgehead atoms. The minimum absolute atomic E-state index is 0.00698. The maximum absolute atomic E-state index is 10.4. The molecule has 0 saturated carbocycles. The number of nitrogen functional groups attached to an aromatic ring is 1. The van der Waals surface area contributed by atoms with Crippen LogP contribution in [0.2, 0.25) is 0 Å². The quantitative estimate of drug-likeness (QED) is 0.336. The van der Waals surface area contributed by atoms with E-state index in [1.54, 1.807) is 0 Å². The summed E-state index contributed by atoms with van der Waals surface area (Å²) in [5.41, 5.74) is 5.72. The molecule has 1 aromatic carbocycles. The van der Waals surface area contributed by atoms with E-state index in [-0.39, 0.29) is 11.4 Å². The van der Waals surface area contributed by atoms with Gasteiger partial charge in [-0.1, -0.05) is 0 Å². The number of hydrogen-bond donors (Lipinski definition) is 2. The molecule has 0 atom stereocenters. The highest BCUT2D eigenvalue weighted by Gasteiger charge is 2.09. The summed E-state index contributed by atoms with van der Waals surface area (Å²) in [5.74, 6) is -1.09. The fourth-order valence-corrected chi connectivity index (χ4v) is 1.01. The summed E-state index contributed by atoms with van der Waals surface area (Å²) < 4.78 is 0. The first-order valence-corrected chi connectivity index (χ1v) is 3.95. The summed E-state index contributed by atoms with van der Waals surface area (Å²) in [6.07, 6.45) is 2.24. The first-order chi connectivity index (χ1) is 7.00. The minimum Gasteiger partial charge on any atom is -0.478 e. The molecular weight excluding hydrogens is 200 g/mol. The largest absolute Gasteiger partial charge is 0.478 e. The summed E-state index contributed by atoms with van der Waals surface area (Å²) in [5, 5.41) is 18.8. The molecular formula is C9H8N2O4. The molecule has 1 rings (SSSR count). The number of carboxylic acids is 1. The number of nitrogens with zero attached hydrogens (tertiary/aromatic N) is 1.